The maximum atomic E-state index is 13.4. The maximum Gasteiger partial charge on any atom is 0.519 e. The summed E-state index contributed by atoms with van der Waals surface area (Å²) < 4.78 is 26.1. The number of halogens is 1. The monoisotopic (exact) mass is 251 g/mol. The molecular weight excluding hydrogens is 241 g/mol. The molecule has 0 bridgehead atoms. The van der Waals surface area contributed by atoms with Crippen LogP contribution in [-0.2, 0) is 19.0 Å². The predicted molar refractivity (Wildman–Crippen MR) is 49.1 cm³/mol. The second-order valence-electron chi connectivity index (χ2n) is 2.94. The Morgan fingerprint density at radius 3 is 2.94 bits per heavy atom. The summed E-state index contributed by atoms with van der Waals surface area (Å²) in [6, 6.07) is 0. The van der Waals surface area contributed by atoms with Gasteiger partial charge >= 0.3 is 12.3 Å². The van der Waals surface area contributed by atoms with Gasteiger partial charge in [0.15, 0.2) is 12.3 Å². The highest BCUT2D eigenvalue weighted by Gasteiger charge is 2.36. The Hall–Kier alpha value is -1.90. The van der Waals surface area contributed by atoms with Crippen molar-refractivity contribution in [1.82, 2.24) is 0 Å². The number of carbonyl (C=O) groups is 2. The van der Waals surface area contributed by atoms with Gasteiger partial charge < -0.3 is 24.2 Å². The zero-order chi connectivity index (χ0) is 12.8. The first kappa shape index (κ1) is 13.2. The zero-order valence-corrected chi connectivity index (χ0v) is 8.74. The van der Waals surface area contributed by atoms with Gasteiger partial charge in [-0.25, -0.2) is 14.0 Å². The molecule has 8 nitrogen and oxygen atoms in total. The number of aliphatic hydroxyl groups excluding tert-OH is 1. The van der Waals surface area contributed by atoms with E-state index in [1.165, 1.54) is 7.11 Å². The SMILES string of the molecule is CON=CC(F)[C@@H]1OC(=O)OC(=O)OC[C@H]1O. The van der Waals surface area contributed by atoms with Crippen LogP contribution in [0, 0.1) is 0 Å². The predicted octanol–water partition coefficient (Wildman–Crippen LogP) is -0.0104. The van der Waals surface area contributed by atoms with Crippen molar-refractivity contribution in [2.75, 3.05) is 13.7 Å². The van der Waals surface area contributed by atoms with Crippen LogP contribution in [0.1, 0.15) is 0 Å². The molecule has 1 N–H and O–H groups in total. The Balaban J connectivity index is 2.70. The third-order valence-electron chi connectivity index (χ3n) is 1.77. The Labute approximate surface area is 94.9 Å². The number of alkyl halides is 1. The Bertz CT molecular complexity index is 321. The van der Waals surface area contributed by atoms with Crippen molar-refractivity contribution in [3.8, 4) is 0 Å². The van der Waals surface area contributed by atoms with E-state index in [0.717, 1.165) is 0 Å². The van der Waals surface area contributed by atoms with Crippen LogP contribution >= 0.6 is 0 Å². The molecule has 17 heavy (non-hydrogen) atoms. The Morgan fingerprint density at radius 1 is 1.59 bits per heavy atom. The van der Waals surface area contributed by atoms with Crippen LogP contribution in [0.25, 0.3) is 0 Å². The van der Waals surface area contributed by atoms with E-state index < -0.39 is 37.3 Å². The van der Waals surface area contributed by atoms with E-state index in [4.69, 9.17) is 0 Å². The highest BCUT2D eigenvalue weighted by Crippen LogP contribution is 2.13. The molecule has 3 atom stereocenters. The summed E-state index contributed by atoms with van der Waals surface area (Å²) in [5.41, 5.74) is 0. The highest BCUT2D eigenvalue weighted by atomic mass is 19.1. The van der Waals surface area contributed by atoms with Gasteiger partial charge in [-0.15, -0.1) is 0 Å². The van der Waals surface area contributed by atoms with Gasteiger partial charge in [0, 0.05) is 0 Å². The first-order chi connectivity index (χ1) is 8.04. The summed E-state index contributed by atoms with van der Waals surface area (Å²) >= 11 is 0. The largest absolute Gasteiger partial charge is 0.519 e. The lowest BCUT2D eigenvalue weighted by molar-refractivity contribution is -0.0889. The maximum absolute atomic E-state index is 13.4. The zero-order valence-electron chi connectivity index (χ0n) is 8.74. The second kappa shape index (κ2) is 5.99. The van der Waals surface area contributed by atoms with Crippen molar-refractivity contribution < 1.29 is 38.1 Å². The Morgan fingerprint density at radius 2 is 2.29 bits per heavy atom. The summed E-state index contributed by atoms with van der Waals surface area (Å²) in [6.45, 7) is -0.571. The van der Waals surface area contributed by atoms with Gasteiger partial charge in [0.2, 0.25) is 0 Å². The molecule has 1 heterocycles. The van der Waals surface area contributed by atoms with Crippen LogP contribution in [-0.4, -0.2) is 55.7 Å². The molecule has 1 aliphatic rings. The fraction of sp³-hybridized carbons (Fsp3) is 0.625. The standard InChI is InChI=1S/C8H10FNO7/c1-14-10-2-4(9)6-5(11)3-15-7(12)17-8(13)16-6/h2,4-6,11H,3H2,1H3/t4?,5-,6+/m1/s1. The molecule has 9 heteroatoms. The van der Waals surface area contributed by atoms with Gasteiger partial charge in [0.1, 0.15) is 19.8 Å². The summed E-state index contributed by atoms with van der Waals surface area (Å²) in [5, 5.41) is 12.6. The van der Waals surface area contributed by atoms with E-state index in [-0.39, 0.29) is 0 Å². The summed E-state index contributed by atoms with van der Waals surface area (Å²) in [5.74, 6) is 0. The van der Waals surface area contributed by atoms with Gasteiger partial charge in [-0.3, -0.25) is 0 Å². The molecule has 1 fully saturated rings. The lowest BCUT2D eigenvalue weighted by atomic mass is 10.1. The minimum atomic E-state index is -1.94. The third kappa shape index (κ3) is 3.87. The average molecular weight is 251 g/mol. The second-order valence-corrected chi connectivity index (χ2v) is 2.94. The van der Waals surface area contributed by atoms with Crippen LogP contribution in [0.3, 0.4) is 0 Å². The number of aliphatic hydroxyl groups is 1. The molecule has 0 aromatic carbocycles. The number of carbonyl (C=O) groups excluding carboxylic acids is 2. The van der Waals surface area contributed by atoms with Crippen LogP contribution < -0.4 is 0 Å². The third-order valence-corrected chi connectivity index (χ3v) is 1.77. The van der Waals surface area contributed by atoms with Crippen molar-refractivity contribution in [2.24, 2.45) is 5.16 Å². The molecule has 0 aromatic heterocycles. The molecule has 0 radical (unpaired) electrons. The number of cyclic esters (lactones) is 4. The van der Waals surface area contributed by atoms with Crippen molar-refractivity contribution in [1.29, 1.82) is 0 Å². The van der Waals surface area contributed by atoms with Crippen molar-refractivity contribution in [3.05, 3.63) is 0 Å². The smallest absolute Gasteiger partial charge is 0.431 e. The molecule has 0 saturated carbocycles. The van der Waals surface area contributed by atoms with E-state index in [1.807, 2.05) is 0 Å². The van der Waals surface area contributed by atoms with E-state index in [9.17, 15) is 19.1 Å². The summed E-state index contributed by atoms with van der Waals surface area (Å²) in [6.07, 6.45) is -7.18. The van der Waals surface area contributed by atoms with Gasteiger partial charge in [-0.1, -0.05) is 5.16 Å². The summed E-state index contributed by atoms with van der Waals surface area (Å²) in [4.78, 5) is 25.8. The number of oxime groups is 1. The average Bonchev–Trinajstić information content (AvgIpc) is 2.28. The summed E-state index contributed by atoms with van der Waals surface area (Å²) in [7, 11) is 1.19. The van der Waals surface area contributed by atoms with Gasteiger partial charge in [-0.2, -0.15) is 0 Å². The molecular formula is C8H10FNO7. The van der Waals surface area contributed by atoms with Crippen LogP contribution in [0.15, 0.2) is 5.16 Å². The first-order valence-electron chi connectivity index (χ1n) is 4.48. The number of hydrogen-bond acceptors (Lipinski definition) is 8. The van der Waals surface area contributed by atoms with E-state index in [1.54, 1.807) is 0 Å². The fourth-order valence-electron chi connectivity index (χ4n) is 1.04. The number of nitrogens with zero attached hydrogens (tertiary/aromatic N) is 1. The molecule has 0 amide bonds. The van der Waals surface area contributed by atoms with Crippen molar-refractivity contribution >= 4 is 18.5 Å². The fourth-order valence-corrected chi connectivity index (χ4v) is 1.04. The lowest BCUT2D eigenvalue weighted by Crippen LogP contribution is -2.45. The van der Waals surface area contributed by atoms with Crippen molar-refractivity contribution in [3.63, 3.8) is 0 Å². The van der Waals surface area contributed by atoms with E-state index in [0.29, 0.717) is 6.21 Å². The number of hydrogen-bond donors (Lipinski definition) is 1. The van der Waals surface area contributed by atoms with Crippen LogP contribution in [0.2, 0.25) is 0 Å². The molecule has 1 rings (SSSR count). The topological polar surface area (TPSA) is 104 Å². The molecule has 96 valence electrons. The molecule has 0 aliphatic carbocycles. The van der Waals surface area contributed by atoms with Crippen LogP contribution in [0.5, 0.6) is 0 Å². The molecule has 0 spiro atoms. The van der Waals surface area contributed by atoms with Crippen LogP contribution in [0.4, 0.5) is 14.0 Å². The lowest BCUT2D eigenvalue weighted by Gasteiger charge is -2.25. The molecule has 0 aromatic rings. The minimum Gasteiger partial charge on any atom is -0.431 e. The minimum absolute atomic E-state index is 0.571. The van der Waals surface area contributed by atoms with E-state index >= 15 is 0 Å². The molecule has 1 saturated heterocycles. The quantitative estimate of drug-likeness (QED) is 0.325. The van der Waals surface area contributed by atoms with Gasteiger partial charge in [0.05, 0.1) is 6.21 Å². The molecule has 1 unspecified atom stereocenters. The first-order valence-corrected chi connectivity index (χ1v) is 4.48. The number of rotatable bonds is 3. The highest BCUT2D eigenvalue weighted by molar-refractivity contribution is 5.77. The van der Waals surface area contributed by atoms with Crippen molar-refractivity contribution in [2.45, 2.75) is 18.4 Å². The Kier molecular flexibility index (Phi) is 4.64. The van der Waals surface area contributed by atoms with E-state index in [2.05, 4.69) is 24.2 Å². The number of ether oxygens (including phenoxy) is 3. The van der Waals surface area contributed by atoms with Gasteiger partial charge in [0.25, 0.3) is 0 Å². The molecule has 1 aliphatic heterocycles. The normalized spacial score (nSPS) is 27.5. The van der Waals surface area contributed by atoms with Gasteiger partial charge in [-0.05, 0) is 0 Å².